The summed E-state index contributed by atoms with van der Waals surface area (Å²) in [4.78, 5) is 16.9. The molecular weight excluding hydrogens is 296 g/mol. The van der Waals surface area contributed by atoms with Gasteiger partial charge in [-0.15, -0.1) is 0 Å². The first-order valence-electron chi connectivity index (χ1n) is 6.48. The van der Waals surface area contributed by atoms with Gasteiger partial charge in [-0.25, -0.2) is 0 Å². The fourth-order valence-corrected chi connectivity index (χ4v) is 3.77. The molecule has 1 fully saturated rings. The number of carboxylic acids is 1. The van der Waals surface area contributed by atoms with Gasteiger partial charge in [0.1, 0.15) is 6.04 Å². The van der Waals surface area contributed by atoms with Crippen LogP contribution in [0.3, 0.4) is 0 Å². The summed E-state index contributed by atoms with van der Waals surface area (Å²) in [6.07, 6.45) is 1.79. The number of halogens is 1. The third-order valence-electron chi connectivity index (χ3n) is 3.62. The van der Waals surface area contributed by atoms with Crippen molar-refractivity contribution >= 4 is 40.2 Å². The van der Waals surface area contributed by atoms with Crippen LogP contribution >= 0.6 is 23.4 Å². The van der Waals surface area contributed by atoms with E-state index in [2.05, 4.69) is 4.98 Å². The Labute approximate surface area is 126 Å². The minimum absolute atomic E-state index is 0.608. The Bertz CT molecular complexity index is 637. The van der Waals surface area contributed by atoms with E-state index >= 15 is 0 Å². The number of thioether (sulfide) groups is 1. The molecule has 6 heteroatoms. The summed E-state index contributed by atoms with van der Waals surface area (Å²) in [6.45, 7) is 1.60. The van der Waals surface area contributed by atoms with Crippen LogP contribution < -0.4 is 0 Å². The number of carboxylic acid groups (broad SMARTS) is 1. The summed E-state index contributed by atoms with van der Waals surface area (Å²) in [5.41, 5.74) is 1.71. The minimum atomic E-state index is -0.808. The number of carbonyl (C=O) groups is 1. The quantitative estimate of drug-likeness (QED) is 0.915. The third-order valence-corrected chi connectivity index (χ3v) is 4.79. The molecule has 1 aliphatic rings. The number of aromatic nitrogens is 1. The van der Waals surface area contributed by atoms with E-state index in [1.807, 2.05) is 28.8 Å². The highest BCUT2D eigenvalue weighted by molar-refractivity contribution is 7.99. The van der Waals surface area contributed by atoms with Gasteiger partial charge in [-0.3, -0.25) is 9.69 Å². The predicted molar refractivity (Wildman–Crippen MR) is 82.6 cm³/mol. The maximum atomic E-state index is 11.7. The van der Waals surface area contributed by atoms with Crippen molar-refractivity contribution in [1.82, 2.24) is 9.88 Å². The van der Waals surface area contributed by atoms with Crippen molar-refractivity contribution in [2.24, 2.45) is 0 Å². The maximum absolute atomic E-state index is 11.7. The Hall–Kier alpha value is -1.17. The van der Waals surface area contributed by atoms with Crippen molar-refractivity contribution in [3.63, 3.8) is 0 Å². The third kappa shape index (κ3) is 2.53. The van der Waals surface area contributed by atoms with E-state index < -0.39 is 12.0 Å². The molecule has 2 N–H and O–H groups in total. The van der Waals surface area contributed by atoms with Crippen molar-refractivity contribution in [1.29, 1.82) is 0 Å². The SMILES string of the molecule is O=C(O)C(c1c[nH]c2ccc(Cl)cc12)N1CCSCC1. The highest BCUT2D eigenvalue weighted by Crippen LogP contribution is 2.31. The topological polar surface area (TPSA) is 56.3 Å². The van der Waals surface area contributed by atoms with E-state index in [0.717, 1.165) is 41.1 Å². The van der Waals surface area contributed by atoms with Crippen LogP contribution in [0, 0.1) is 0 Å². The lowest BCUT2D eigenvalue weighted by Gasteiger charge is -2.31. The molecule has 1 atom stereocenters. The summed E-state index contributed by atoms with van der Waals surface area (Å²) < 4.78 is 0. The van der Waals surface area contributed by atoms with Crippen LogP contribution in [0.2, 0.25) is 5.02 Å². The molecule has 1 saturated heterocycles. The van der Waals surface area contributed by atoms with Gasteiger partial charge in [0.25, 0.3) is 0 Å². The zero-order chi connectivity index (χ0) is 14.1. The molecule has 1 aliphatic heterocycles. The van der Waals surface area contributed by atoms with Gasteiger partial charge in [0.15, 0.2) is 0 Å². The van der Waals surface area contributed by atoms with Crippen LogP contribution in [0.1, 0.15) is 11.6 Å². The summed E-state index contributed by atoms with van der Waals surface area (Å²) in [5.74, 6) is 1.15. The normalized spacial score (nSPS) is 18.2. The molecule has 0 spiro atoms. The number of fused-ring (bicyclic) bond motifs is 1. The lowest BCUT2D eigenvalue weighted by molar-refractivity contribution is -0.143. The van der Waals surface area contributed by atoms with Crippen LogP contribution in [0.25, 0.3) is 10.9 Å². The Kier molecular flexibility index (Phi) is 3.92. The molecule has 1 unspecified atom stereocenters. The summed E-state index contributed by atoms with van der Waals surface area (Å²) in [6, 6.07) is 4.91. The highest BCUT2D eigenvalue weighted by Gasteiger charge is 2.30. The predicted octanol–water partition coefficient (Wildman–Crippen LogP) is 3.00. The van der Waals surface area contributed by atoms with Crippen LogP contribution in [0.15, 0.2) is 24.4 Å². The molecule has 20 heavy (non-hydrogen) atoms. The van der Waals surface area contributed by atoms with Crippen molar-refractivity contribution in [2.75, 3.05) is 24.6 Å². The van der Waals surface area contributed by atoms with E-state index in [0.29, 0.717) is 5.02 Å². The number of nitrogens with zero attached hydrogens (tertiary/aromatic N) is 1. The van der Waals surface area contributed by atoms with Crippen LogP contribution in [-0.4, -0.2) is 45.6 Å². The van der Waals surface area contributed by atoms with Gasteiger partial charge >= 0.3 is 5.97 Å². The minimum Gasteiger partial charge on any atom is -0.480 e. The Morgan fingerprint density at radius 1 is 1.40 bits per heavy atom. The van der Waals surface area contributed by atoms with Gasteiger partial charge in [0, 0.05) is 52.3 Å². The Balaban J connectivity index is 2.04. The molecule has 1 aromatic carbocycles. The van der Waals surface area contributed by atoms with Crippen LogP contribution in [0.5, 0.6) is 0 Å². The molecular formula is C14H15ClN2O2S. The molecule has 2 aromatic rings. The van der Waals surface area contributed by atoms with Gasteiger partial charge in [-0.2, -0.15) is 11.8 Å². The van der Waals surface area contributed by atoms with Crippen LogP contribution in [0.4, 0.5) is 0 Å². The van der Waals surface area contributed by atoms with E-state index in [-0.39, 0.29) is 0 Å². The Morgan fingerprint density at radius 2 is 2.15 bits per heavy atom. The second kappa shape index (κ2) is 5.68. The number of hydrogen-bond donors (Lipinski definition) is 2. The number of aromatic amines is 1. The molecule has 0 aliphatic carbocycles. The average molecular weight is 311 g/mol. The zero-order valence-corrected chi connectivity index (χ0v) is 12.4. The van der Waals surface area contributed by atoms with E-state index in [1.165, 1.54) is 0 Å². The van der Waals surface area contributed by atoms with E-state index in [4.69, 9.17) is 11.6 Å². The fourth-order valence-electron chi connectivity index (χ4n) is 2.66. The second-order valence-corrected chi connectivity index (χ2v) is 6.48. The van der Waals surface area contributed by atoms with Crippen molar-refractivity contribution in [3.8, 4) is 0 Å². The molecule has 4 nitrogen and oxygen atoms in total. The number of benzene rings is 1. The number of aliphatic carboxylic acids is 1. The summed E-state index contributed by atoms with van der Waals surface area (Å²) >= 11 is 7.91. The lowest BCUT2D eigenvalue weighted by atomic mass is 10.0. The second-order valence-electron chi connectivity index (χ2n) is 4.82. The van der Waals surface area contributed by atoms with E-state index in [9.17, 15) is 9.90 Å². The average Bonchev–Trinajstić information content (AvgIpc) is 2.83. The largest absolute Gasteiger partial charge is 0.480 e. The molecule has 2 heterocycles. The highest BCUT2D eigenvalue weighted by atomic mass is 35.5. The smallest absolute Gasteiger partial charge is 0.325 e. The van der Waals surface area contributed by atoms with Gasteiger partial charge < -0.3 is 10.1 Å². The van der Waals surface area contributed by atoms with E-state index in [1.54, 1.807) is 12.3 Å². The zero-order valence-electron chi connectivity index (χ0n) is 10.8. The summed E-state index contributed by atoms with van der Waals surface area (Å²) in [5, 5.41) is 11.1. The standard InChI is InChI=1S/C14H15ClN2O2S/c15-9-1-2-12-10(7-9)11(8-16-12)13(14(18)19)17-3-5-20-6-4-17/h1-2,7-8,13,16H,3-6H2,(H,18,19). The molecule has 0 amide bonds. The molecule has 0 saturated carbocycles. The molecule has 0 radical (unpaired) electrons. The number of hydrogen-bond acceptors (Lipinski definition) is 3. The first kappa shape index (κ1) is 13.8. The first-order chi connectivity index (χ1) is 9.66. The van der Waals surface area contributed by atoms with Crippen molar-refractivity contribution in [2.45, 2.75) is 6.04 Å². The monoisotopic (exact) mass is 310 g/mol. The lowest BCUT2D eigenvalue weighted by Crippen LogP contribution is -2.39. The van der Waals surface area contributed by atoms with Gasteiger partial charge in [-0.05, 0) is 18.2 Å². The molecule has 106 valence electrons. The van der Waals surface area contributed by atoms with Crippen LogP contribution in [-0.2, 0) is 4.79 Å². The first-order valence-corrected chi connectivity index (χ1v) is 8.01. The van der Waals surface area contributed by atoms with Crippen molar-refractivity contribution < 1.29 is 9.90 Å². The molecule has 3 rings (SSSR count). The molecule has 0 bridgehead atoms. The van der Waals surface area contributed by atoms with Gasteiger partial charge in [0.05, 0.1) is 0 Å². The van der Waals surface area contributed by atoms with Gasteiger partial charge in [-0.1, -0.05) is 11.6 Å². The number of H-pyrrole nitrogens is 1. The number of rotatable bonds is 3. The molecule has 1 aromatic heterocycles. The number of nitrogens with one attached hydrogen (secondary N) is 1. The summed E-state index contributed by atoms with van der Waals surface area (Å²) in [7, 11) is 0. The maximum Gasteiger partial charge on any atom is 0.325 e. The Morgan fingerprint density at radius 3 is 2.85 bits per heavy atom. The van der Waals surface area contributed by atoms with Gasteiger partial charge in [0.2, 0.25) is 0 Å². The van der Waals surface area contributed by atoms with Crippen molar-refractivity contribution in [3.05, 3.63) is 35.0 Å². The fraction of sp³-hybridized carbons (Fsp3) is 0.357.